The molecule has 0 radical (unpaired) electrons. The van der Waals surface area contributed by atoms with Crippen molar-refractivity contribution in [3.05, 3.63) is 77.6 Å². The van der Waals surface area contributed by atoms with Crippen molar-refractivity contribution in [3.8, 4) is 5.75 Å². The molecule has 1 N–H and O–H groups in total. The van der Waals surface area contributed by atoms with Gasteiger partial charge in [-0.2, -0.15) is 0 Å². The van der Waals surface area contributed by atoms with Crippen molar-refractivity contribution in [1.82, 2.24) is 5.16 Å². The van der Waals surface area contributed by atoms with Gasteiger partial charge in [0.15, 0.2) is 5.82 Å². The second-order valence-electron chi connectivity index (χ2n) is 6.12. The lowest BCUT2D eigenvalue weighted by Crippen LogP contribution is -2.26. The molecule has 0 aliphatic heterocycles. The summed E-state index contributed by atoms with van der Waals surface area (Å²) in [6.45, 7) is 1.71. The molecule has 0 saturated heterocycles. The van der Waals surface area contributed by atoms with Gasteiger partial charge in [0.25, 0.3) is 5.91 Å². The molecule has 28 heavy (non-hydrogen) atoms. The van der Waals surface area contributed by atoms with Crippen LogP contribution in [0.15, 0.2) is 65.2 Å². The minimum atomic E-state index is -1.11. The van der Waals surface area contributed by atoms with Gasteiger partial charge in [-0.3, -0.25) is 9.59 Å². The number of esters is 1. The number of ether oxygens (including phenoxy) is 2. The molecule has 7 heteroatoms. The normalized spacial score (nSPS) is 11.5. The summed E-state index contributed by atoms with van der Waals surface area (Å²) in [5.74, 6) is 0.479. The van der Waals surface area contributed by atoms with Gasteiger partial charge < -0.3 is 19.3 Å². The fourth-order valence-corrected chi connectivity index (χ4v) is 2.60. The van der Waals surface area contributed by atoms with Crippen LogP contribution in [0.25, 0.3) is 0 Å². The molecule has 3 aromatic rings. The minimum absolute atomic E-state index is 0.0314. The van der Waals surface area contributed by atoms with E-state index >= 15 is 0 Å². The van der Waals surface area contributed by atoms with E-state index in [9.17, 15) is 9.59 Å². The number of amides is 1. The molecular formula is C21H20N2O5. The lowest BCUT2D eigenvalue weighted by Gasteiger charge is -2.17. The third kappa shape index (κ3) is 4.97. The molecule has 1 aromatic heterocycles. The first-order chi connectivity index (χ1) is 13.5. The van der Waals surface area contributed by atoms with Crippen molar-refractivity contribution in [2.24, 2.45) is 0 Å². The molecular weight excluding hydrogens is 360 g/mol. The standard InChI is InChI=1S/C21H20N2O5/c1-14-12-18(23-28-14)22-21(25)20(16-6-4-3-5-7-16)27-19(24)13-15-8-10-17(26-2)11-9-15/h3-12,20H,13H2,1-2H3,(H,22,23,25)/t20-/m1/s1. The van der Waals surface area contributed by atoms with Crippen LogP contribution in [-0.4, -0.2) is 24.1 Å². The SMILES string of the molecule is COc1ccc(CC(=O)O[C@@H](C(=O)Nc2cc(C)on2)c2ccccc2)cc1. The third-order valence-electron chi connectivity index (χ3n) is 3.98. The molecule has 0 bridgehead atoms. The third-order valence-corrected chi connectivity index (χ3v) is 3.98. The number of nitrogens with one attached hydrogen (secondary N) is 1. The maximum Gasteiger partial charge on any atom is 0.311 e. The van der Waals surface area contributed by atoms with Crippen LogP contribution < -0.4 is 10.1 Å². The maximum atomic E-state index is 12.7. The van der Waals surface area contributed by atoms with Crippen molar-refractivity contribution >= 4 is 17.7 Å². The van der Waals surface area contributed by atoms with Crippen LogP contribution in [0.2, 0.25) is 0 Å². The zero-order valence-corrected chi connectivity index (χ0v) is 15.5. The van der Waals surface area contributed by atoms with E-state index < -0.39 is 18.0 Å². The number of hydrogen-bond acceptors (Lipinski definition) is 6. The van der Waals surface area contributed by atoms with Crippen molar-refractivity contribution < 1.29 is 23.6 Å². The number of aromatic nitrogens is 1. The Labute approximate surface area is 162 Å². The highest BCUT2D eigenvalue weighted by molar-refractivity contribution is 5.95. The topological polar surface area (TPSA) is 90.7 Å². The van der Waals surface area contributed by atoms with E-state index in [-0.39, 0.29) is 12.2 Å². The molecule has 0 fully saturated rings. The summed E-state index contributed by atoms with van der Waals surface area (Å²) in [7, 11) is 1.57. The molecule has 3 rings (SSSR count). The average molecular weight is 380 g/mol. The molecule has 0 spiro atoms. The average Bonchev–Trinajstić information content (AvgIpc) is 3.12. The van der Waals surface area contributed by atoms with Gasteiger partial charge in [-0.15, -0.1) is 0 Å². The second-order valence-corrected chi connectivity index (χ2v) is 6.12. The van der Waals surface area contributed by atoms with Crippen LogP contribution >= 0.6 is 0 Å². The Bertz CT molecular complexity index is 935. The summed E-state index contributed by atoms with van der Waals surface area (Å²) < 4.78 is 15.5. The highest BCUT2D eigenvalue weighted by Gasteiger charge is 2.26. The first-order valence-electron chi connectivity index (χ1n) is 8.66. The van der Waals surface area contributed by atoms with Gasteiger partial charge in [0.1, 0.15) is 11.5 Å². The number of carbonyl (C=O) groups is 2. The molecule has 7 nitrogen and oxygen atoms in total. The Morgan fingerprint density at radius 2 is 1.82 bits per heavy atom. The van der Waals surface area contributed by atoms with Gasteiger partial charge in [-0.25, -0.2) is 0 Å². The number of hydrogen-bond donors (Lipinski definition) is 1. The summed E-state index contributed by atoms with van der Waals surface area (Å²) in [5, 5.41) is 6.34. The summed E-state index contributed by atoms with van der Waals surface area (Å²) in [5.41, 5.74) is 1.31. The van der Waals surface area contributed by atoms with Crippen molar-refractivity contribution in [3.63, 3.8) is 0 Å². The van der Waals surface area contributed by atoms with Crippen LogP contribution in [0.4, 0.5) is 5.82 Å². The van der Waals surface area contributed by atoms with Gasteiger partial charge in [-0.1, -0.05) is 47.6 Å². The smallest absolute Gasteiger partial charge is 0.311 e. The monoisotopic (exact) mass is 380 g/mol. The number of rotatable bonds is 7. The lowest BCUT2D eigenvalue weighted by atomic mass is 10.1. The Hall–Kier alpha value is -3.61. The molecule has 144 valence electrons. The Balaban J connectivity index is 1.72. The molecule has 0 unspecified atom stereocenters. The van der Waals surface area contributed by atoms with Gasteiger partial charge >= 0.3 is 5.97 Å². The lowest BCUT2D eigenvalue weighted by molar-refractivity contribution is -0.154. The van der Waals surface area contributed by atoms with Crippen LogP contribution in [0.5, 0.6) is 5.75 Å². The zero-order chi connectivity index (χ0) is 19.9. The number of carbonyl (C=O) groups excluding carboxylic acids is 2. The van der Waals surface area contributed by atoms with E-state index in [2.05, 4.69) is 10.5 Å². The predicted octanol–water partition coefficient (Wildman–Crippen LogP) is 3.46. The van der Waals surface area contributed by atoms with Crippen molar-refractivity contribution in [2.75, 3.05) is 12.4 Å². The molecule has 0 saturated carbocycles. The van der Waals surface area contributed by atoms with Gasteiger partial charge in [0.05, 0.1) is 13.5 Å². The van der Waals surface area contributed by atoms with E-state index in [0.717, 1.165) is 5.56 Å². The molecule has 1 heterocycles. The summed E-state index contributed by atoms with van der Waals surface area (Å²) in [6, 6.07) is 17.5. The minimum Gasteiger partial charge on any atom is -0.497 e. The first kappa shape index (κ1) is 19.2. The molecule has 2 aromatic carbocycles. The summed E-state index contributed by atoms with van der Waals surface area (Å²) in [4.78, 5) is 25.2. The Kier molecular flexibility index (Phi) is 6.06. The fraction of sp³-hybridized carbons (Fsp3) is 0.190. The highest BCUT2D eigenvalue weighted by atomic mass is 16.5. The molecule has 0 aliphatic carbocycles. The second kappa shape index (κ2) is 8.85. The maximum absolute atomic E-state index is 12.7. The largest absolute Gasteiger partial charge is 0.497 e. The Morgan fingerprint density at radius 1 is 1.11 bits per heavy atom. The molecule has 0 aliphatic rings. The summed E-state index contributed by atoms with van der Waals surface area (Å²) in [6.07, 6.45) is -1.08. The van der Waals surface area contributed by atoms with Gasteiger partial charge in [-0.05, 0) is 24.6 Å². The van der Waals surface area contributed by atoms with Crippen LogP contribution in [0.1, 0.15) is 23.0 Å². The first-order valence-corrected chi connectivity index (χ1v) is 8.66. The van der Waals surface area contributed by atoms with E-state index in [1.807, 2.05) is 6.07 Å². The zero-order valence-electron chi connectivity index (χ0n) is 15.5. The van der Waals surface area contributed by atoms with Crippen LogP contribution in [-0.2, 0) is 20.7 Å². The summed E-state index contributed by atoms with van der Waals surface area (Å²) >= 11 is 0. The van der Waals surface area contributed by atoms with Crippen molar-refractivity contribution in [1.29, 1.82) is 0 Å². The van der Waals surface area contributed by atoms with Crippen LogP contribution in [0.3, 0.4) is 0 Å². The van der Waals surface area contributed by atoms with E-state index in [4.69, 9.17) is 14.0 Å². The van der Waals surface area contributed by atoms with Crippen LogP contribution in [0, 0.1) is 6.92 Å². The van der Waals surface area contributed by atoms with Crippen molar-refractivity contribution in [2.45, 2.75) is 19.4 Å². The quantitative estimate of drug-likeness (QED) is 0.631. The van der Waals surface area contributed by atoms with E-state index in [1.54, 1.807) is 68.6 Å². The van der Waals surface area contributed by atoms with E-state index in [0.29, 0.717) is 17.1 Å². The predicted molar refractivity (Wildman–Crippen MR) is 102 cm³/mol. The number of nitrogens with zero attached hydrogens (tertiary/aromatic N) is 1. The number of benzene rings is 2. The number of methoxy groups -OCH3 is 1. The van der Waals surface area contributed by atoms with Gasteiger partial charge in [0, 0.05) is 11.6 Å². The number of anilines is 1. The molecule has 1 atom stereocenters. The fourth-order valence-electron chi connectivity index (χ4n) is 2.60. The number of aryl methyl sites for hydroxylation is 1. The van der Waals surface area contributed by atoms with E-state index in [1.165, 1.54) is 0 Å². The highest BCUT2D eigenvalue weighted by Crippen LogP contribution is 2.21. The molecule has 1 amide bonds. The van der Waals surface area contributed by atoms with Gasteiger partial charge in [0.2, 0.25) is 6.10 Å². The Morgan fingerprint density at radius 3 is 2.43 bits per heavy atom.